The van der Waals surface area contributed by atoms with Gasteiger partial charge in [0.15, 0.2) is 0 Å². The number of ether oxygens (including phenoxy) is 1. The molecule has 0 bridgehead atoms. The lowest BCUT2D eigenvalue weighted by atomic mass is 9.41. The molecule has 30 heavy (non-hydrogen) atoms. The topological polar surface area (TPSA) is 49.7 Å². The Kier molecular flexibility index (Phi) is 3.88. The summed E-state index contributed by atoms with van der Waals surface area (Å²) < 4.78 is 6.51. The monoisotopic (exact) mass is 416 g/mol. The van der Waals surface area contributed by atoms with Crippen LogP contribution in [-0.4, -0.2) is 34.6 Å². The highest BCUT2D eigenvalue weighted by atomic mass is 16.5. The average Bonchev–Trinajstić information content (AvgIpc) is 3.30. The second-order valence-electron chi connectivity index (χ2n) is 13.8. The fraction of sp³-hybridized carbons (Fsp3) is 1.00. The molecule has 2 N–H and O–H groups in total. The molecule has 1 saturated heterocycles. The van der Waals surface area contributed by atoms with Crippen molar-refractivity contribution >= 4 is 0 Å². The summed E-state index contributed by atoms with van der Waals surface area (Å²) in [4.78, 5) is 0. The molecule has 6 aliphatic rings. The highest BCUT2D eigenvalue weighted by Crippen LogP contribution is 2.89. The molecule has 1 heterocycles. The summed E-state index contributed by atoms with van der Waals surface area (Å²) in [5.74, 6) is 2.37. The van der Waals surface area contributed by atoms with Crippen LogP contribution >= 0.6 is 0 Å². The van der Waals surface area contributed by atoms with Gasteiger partial charge in [0.2, 0.25) is 0 Å². The van der Waals surface area contributed by atoms with Gasteiger partial charge in [0.05, 0.1) is 24.4 Å². The second-order valence-corrected chi connectivity index (χ2v) is 13.8. The number of aliphatic hydroxyl groups excluding tert-OH is 2. The first-order chi connectivity index (χ1) is 14.0. The second kappa shape index (κ2) is 5.68. The lowest BCUT2D eigenvalue weighted by Gasteiger charge is -2.63. The summed E-state index contributed by atoms with van der Waals surface area (Å²) in [6, 6.07) is 0. The van der Waals surface area contributed by atoms with E-state index in [9.17, 15) is 10.2 Å². The van der Waals surface area contributed by atoms with E-state index in [0.717, 1.165) is 12.8 Å². The van der Waals surface area contributed by atoms with Crippen LogP contribution in [0.5, 0.6) is 0 Å². The van der Waals surface area contributed by atoms with Crippen LogP contribution in [0.15, 0.2) is 0 Å². The summed E-state index contributed by atoms with van der Waals surface area (Å²) in [6.07, 6.45) is 9.51. The molecule has 6 rings (SSSR count). The summed E-state index contributed by atoms with van der Waals surface area (Å²) in [5.41, 5.74) is 0.991. The van der Waals surface area contributed by atoms with Crippen molar-refractivity contribution in [2.24, 2.45) is 50.7 Å². The van der Waals surface area contributed by atoms with Gasteiger partial charge in [0.1, 0.15) is 0 Å². The van der Waals surface area contributed by atoms with Crippen molar-refractivity contribution in [3.05, 3.63) is 0 Å². The fourth-order valence-electron chi connectivity index (χ4n) is 11.5. The van der Waals surface area contributed by atoms with E-state index >= 15 is 0 Å². The van der Waals surface area contributed by atoms with Gasteiger partial charge in [-0.2, -0.15) is 0 Å². The summed E-state index contributed by atoms with van der Waals surface area (Å²) in [6.45, 7) is 14.3. The zero-order valence-electron chi connectivity index (χ0n) is 20.1. The maximum absolute atomic E-state index is 11.9. The zero-order chi connectivity index (χ0) is 21.5. The first-order valence-electron chi connectivity index (χ1n) is 13.0. The molecular weight excluding hydrogens is 372 g/mol. The number of fused-ring (bicyclic) bond motifs is 4. The first kappa shape index (κ1) is 20.5. The summed E-state index contributed by atoms with van der Waals surface area (Å²) >= 11 is 0. The highest BCUT2D eigenvalue weighted by Gasteiger charge is 2.84. The number of rotatable bonds is 0. The molecule has 3 heteroatoms. The van der Waals surface area contributed by atoms with Gasteiger partial charge < -0.3 is 14.9 Å². The van der Waals surface area contributed by atoms with Crippen molar-refractivity contribution in [1.29, 1.82) is 0 Å². The van der Waals surface area contributed by atoms with Gasteiger partial charge in [-0.25, -0.2) is 0 Å². The highest BCUT2D eigenvalue weighted by molar-refractivity contribution is 5.32. The lowest BCUT2D eigenvalue weighted by Crippen LogP contribution is -2.59. The standard InChI is InChI=1S/C27H44O3/c1-15-13-16(2)30-21-20(15)24(5)11-12-27-14-26(27)10-9-19(28)23(3,4)17(26)7-8-18(27)25(24,6)22(21)29/h15-22,28-29H,7-14H2,1-6H3/t15-,16?,17+,18?,19?,20+,21?,22+,24?,25-,26?,27?/m1/s1. The maximum Gasteiger partial charge on any atom is 0.0879 e. The Hall–Kier alpha value is -0.120. The van der Waals surface area contributed by atoms with Crippen LogP contribution in [0.25, 0.3) is 0 Å². The third-order valence-electron chi connectivity index (χ3n) is 13.0. The average molecular weight is 417 g/mol. The van der Waals surface area contributed by atoms with Gasteiger partial charge in [-0.05, 0) is 104 Å². The minimum atomic E-state index is -0.337. The van der Waals surface area contributed by atoms with E-state index in [1.54, 1.807) is 0 Å². The van der Waals surface area contributed by atoms with Crippen molar-refractivity contribution in [2.75, 3.05) is 0 Å². The number of hydrogen-bond donors (Lipinski definition) is 2. The van der Waals surface area contributed by atoms with Gasteiger partial charge >= 0.3 is 0 Å². The van der Waals surface area contributed by atoms with Gasteiger partial charge in [0.25, 0.3) is 0 Å². The Labute approximate surface area is 183 Å². The Morgan fingerprint density at radius 2 is 1.50 bits per heavy atom. The third-order valence-corrected chi connectivity index (χ3v) is 13.0. The number of aliphatic hydroxyl groups is 2. The molecule has 0 aromatic heterocycles. The van der Waals surface area contributed by atoms with Gasteiger partial charge in [-0.1, -0.05) is 34.6 Å². The molecule has 7 unspecified atom stereocenters. The third kappa shape index (κ3) is 1.94. The van der Waals surface area contributed by atoms with Crippen LogP contribution in [-0.2, 0) is 4.74 Å². The molecule has 12 atom stereocenters. The van der Waals surface area contributed by atoms with Crippen LogP contribution < -0.4 is 0 Å². The Balaban J connectivity index is 1.42. The van der Waals surface area contributed by atoms with E-state index in [2.05, 4.69) is 41.5 Å². The molecule has 3 nitrogen and oxygen atoms in total. The predicted octanol–water partition coefficient (Wildman–Crippen LogP) is 5.18. The fourth-order valence-corrected chi connectivity index (χ4v) is 11.5. The van der Waals surface area contributed by atoms with Crippen molar-refractivity contribution < 1.29 is 14.9 Å². The van der Waals surface area contributed by atoms with Crippen molar-refractivity contribution in [3.8, 4) is 0 Å². The van der Waals surface area contributed by atoms with Crippen LogP contribution in [0, 0.1) is 50.7 Å². The van der Waals surface area contributed by atoms with Crippen LogP contribution in [0.3, 0.4) is 0 Å². The normalized spacial score (nSPS) is 65.6. The Bertz CT molecular complexity index is 763. The summed E-state index contributed by atoms with van der Waals surface area (Å²) in [5, 5.41) is 22.7. The van der Waals surface area contributed by atoms with Gasteiger partial charge in [-0.3, -0.25) is 0 Å². The Morgan fingerprint density at radius 3 is 2.23 bits per heavy atom. The van der Waals surface area contributed by atoms with E-state index in [-0.39, 0.29) is 40.7 Å². The van der Waals surface area contributed by atoms with Crippen molar-refractivity contribution in [1.82, 2.24) is 0 Å². The minimum Gasteiger partial charge on any atom is -0.393 e. The van der Waals surface area contributed by atoms with Crippen molar-refractivity contribution in [2.45, 2.75) is 117 Å². The van der Waals surface area contributed by atoms with E-state index in [1.807, 2.05) is 0 Å². The smallest absolute Gasteiger partial charge is 0.0879 e. The van der Waals surface area contributed by atoms with Gasteiger partial charge in [-0.15, -0.1) is 0 Å². The van der Waals surface area contributed by atoms with E-state index < -0.39 is 0 Å². The van der Waals surface area contributed by atoms with E-state index in [1.165, 1.54) is 38.5 Å². The van der Waals surface area contributed by atoms with Crippen LogP contribution in [0.4, 0.5) is 0 Å². The largest absolute Gasteiger partial charge is 0.393 e. The molecular formula is C27H44O3. The molecule has 6 fully saturated rings. The van der Waals surface area contributed by atoms with Gasteiger partial charge in [0, 0.05) is 5.41 Å². The molecule has 0 amide bonds. The quantitative estimate of drug-likeness (QED) is 0.572. The lowest BCUT2D eigenvalue weighted by molar-refractivity contribution is -0.182. The predicted molar refractivity (Wildman–Crippen MR) is 118 cm³/mol. The molecule has 0 aromatic rings. The summed E-state index contributed by atoms with van der Waals surface area (Å²) in [7, 11) is 0. The molecule has 0 radical (unpaired) electrons. The molecule has 1 aliphatic heterocycles. The van der Waals surface area contributed by atoms with E-state index in [0.29, 0.717) is 34.5 Å². The molecule has 0 aromatic carbocycles. The molecule has 170 valence electrons. The van der Waals surface area contributed by atoms with Crippen LogP contribution in [0.2, 0.25) is 0 Å². The SMILES string of the molecule is CC1C[C@@H](C)[C@H]2C(O1)[C@H](O)[C@@]1(C)C3CC[C@H]4C(C)(C)C(O)CCC45CC35CCC21C. The number of hydrogen-bond acceptors (Lipinski definition) is 3. The zero-order valence-corrected chi connectivity index (χ0v) is 20.1. The first-order valence-corrected chi connectivity index (χ1v) is 13.0. The maximum atomic E-state index is 11.9. The van der Waals surface area contributed by atoms with Crippen molar-refractivity contribution in [3.63, 3.8) is 0 Å². The Morgan fingerprint density at radius 1 is 0.833 bits per heavy atom. The van der Waals surface area contributed by atoms with E-state index in [4.69, 9.17) is 4.74 Å². The van der Waals surface area contributed by atoms with Crippen LogP contribution in [0.1, 0.15) is 92.9 Å². The molecule has 5 saturated carbocycles. The molecule has 5 aliphatic carbocycles. The molecule has 2 spiro atoms. The minimum absolute atomic E-state index is 0.0194.